The van der Waals surface area contributed by atoms with Crippen LogP contribution in [0.15, 0.2) is 0 Å². The van der Waals surface area contributed by atoms with Crippen LogP contribution in [0.4, 0.5) is 0 Å². The van der Waals surface area contributed by atoms with Crippen LogP contribution < -0.4 is 0 Å². The van der Waals surface area contributed by atoms with Gasteiger partial charge in [-0.1, -0.05) is 13.8 Å². The Morgan fingerprint density at radius 1 is 1.11 bits per heavy atom. The zero-order chi connectivity index (χ0) is 12.8. The Kier molecular flexibility index (Phi) is 3.13. The van der Waals surface area contributed by atoms with Gasteiger partial charge in [0, 0.05) is 0 Å². The molecule has 0 aromatic carbocycles. The Morgan fingerprint density at radius 2 is 1.61 bits per heavy atom. The average Bonchev–Trinajstić information content (AvgIpc) is 2.26. The van der Waals surface area contributed by atoms with Crippen LogP contribution in [0.2, 0.25) is 0 Å². The fraction of sp³-hybridized carbons (Fsp3) is 0.933. The molecule has 0 saturated heterocycles. The van der Waals surface area contributed by atoms with Crippen LogP contribution in [-0.4, -0.2) is 18.4 Å². The highest BCUT2D eigenvalue weighted by Crippen LogP contribution is 2.57. The first-order valence-corrected chi connectivity index (χ1v) is 7.37. The van der Waals surface area contributed by atoms with Crippen molar-refractivity contribution in [1.82, 2.24) is 0 Å². The van der Waals surface area contributed by atoms with Gasteiger partial charge < -0.3 is 9.47 Å². The van der Waals surface area contributed by atoms with Crippen molar-refractivity contribution in [2.45, 2.75) is 58.0 Å². The van der Waals surface area contributed by atoms with Crippen molar-refractivity contribution in [3.05, 3.63) is 0 Å². The lowest BCUT2D eigenvalue weighted by atomic mass is 9.54. The lowest BCUT2D eigenvalue weighted by Gasteiger charge is -2.56. The number of hydrogen-bond donors (Lipinski definition) is 0. The summed E-state index contributed by atoms with van der Waals surface area (Å²) in [6.07, 6.45) is 7.81. The number of carbonyl (C=O) groups excluding carboxylic acids is 1. The Morgan fingerprint density at radius 3 is 2.06 bits per heavy atom. The van der Waals surface area contributed by atoms with Gasteiger partial charge in [-0.25, -0.2) is 0 Å². The molecule has 102 valence electrons. The number of ether oxygens (including phenoxy) is 2. The maximum absolute atomic E-state index is 11.4. The third kappa shape index (κ3) is 2.29. The Labute approximate surface area is 109 Å². The van der Waals surface area contributed by atoms with Gasteiger partial charge in [-0.05, 0) is 56.3 Å². The second-order valence-corrected chi connectivity index (χ2v) is 6.98. The molecule has 0 unspecified atom stereocenters. The maximum Gasteiger partial charge on any atom is 0.310 e. The van der Waals surface area contributed by atoms with Crippen molar-refractivity contribution in [2.75, 3.05) is 6.79 Å². The molecule has 0 atom stereocenters. The summed E-state index contributed by atoms with van der Waals surface area (Å²) in [5.41, 5.74) is 0.0476. The lowest BCUT2D eigenvalue weighted by molar-refractivity contribution is -0.211. The van der Waals surface area contributed by atoms with Crippen molar-refractivity contribution >= 4 is 5.97 Å². The Balaban J connectivity index is 1.54. The molecule has 0 radical (unpaired) electrons. The minimum absolute atomic E-state index is 0.0476. The molecular weight excluding hydrogens is 228 g/mol. The molecule has 0 spiro atoms. The van der Waals surface area contributed by atoms with Crippen LogP contribution in [0, 0.1) is 23.7 Å². The predicted octanol–water partition coefficient (Wildman–Crippen LogP) is 3.13. The summed E-state index contributed by atoms with van der Waals surface area (Å²) in [5.74, 6) is 2.40. The van der Waals surface area contributed by atoms with Crippen LogP contribution >= 0.6 is 0 Å². The van der Waals surface area contributed by atoms with E-state index >= 15 is 0 Å². The van der Waals surface area contributed by atoms with Gasteiger partial charge in [-0.15, -0.1) is 0 Å². The average molecular weight is 252 g/mol. The molecule has 0 aromatic rings. The summed E-state index contributed by atoms with van der Waals surface area (Å²) in [7, 11) is 0. The van der Waals surface area contributed by atoms with Gasteiger partial charge in [-0.2, -0.15) is 0 Å². The van der Waals surface area contributed by atoms with Gasteiger partial charge in [0.15, 0.2) is 6.79 Å². The highest BCUT2D eigenvalue weighted by atomic mass is 16.7. The molecule has 18 heavy (non-hydrogen) atoms. The second kappa shape index (κ2) is 4.52. The normalized spacial score (nSPS) is 41.4. The van der Waals surface area contributed by atoms with Gasteiger partial charge in [0.25, 0.3) is 0 Å². The van der Waals surface area contributed by atoms with E-state index in [0.29, 0.717) is 0 Å². The summed E-state index contributed by atoms with van der Waals surface area (Å²) >= 11 is 0. The molecule has 4 aliphatic carbocycles. The molecule has 0 aromatic heterocycles. The summed E-state index contributed by atoms with van der Waals surface area (Å²) in [5, 5.41) is 0. The zero-order valence-corrected chi connectivity index (χ0v) is 11.5. The van der Waals surface area contributed by atoms with E-state index in [1.807, 2.05) is 13.8 Å². The van der Waals surface area contributed by atoms with Crippen molar-refractivity contribution in [3.8, 4) is 0 Å². The minimum Gasteiger partial charge on any atom is -0.438 e. The van der Waals surface area contributed by atoms with E-state index in [9.17, 15) is 4.79 Å². The Hall–Kier alpha value is -0.570. The molecule has 0 heterocycles. The molecule has 0 N–H and O–H groups in total. The van der Waals surface area contributed by atoms with E-state index < -0.39 is 0 Å². The van der Waals surface area contributed by atoms with Gasteiger partial charge in [0.1, 0.15) is 0 Å². The van der Waals surface area contributed by atoms with Gasteiger partial charge in [0.05, 0.1) is 11.5 Å². The molecule has 0 aliphatic heterocycles. The fourth-order valence-corrected chi connectivity index (χ4v) is 4.59. The third-order valence-corrected chi connectivity index (χ3v) is 5.02. The van der Waals surface area contributed by atoms with Crippen molar-refractivity contribution in [2.24, 2.45) is 23.7 Å². The van der Waals surface area contributed by atoms with Crippen LogP contribution in [0.5, 0.6) is 0 Å². The summed E-state index contributed by atoms with van der Waals surface area (Å²) in [6.45, 7) is 3.86. The smallest absolute Gasteiger partial charge is 0.310 e. The number of rotatable bonds is 4. The molecule has 3 heteroatoms. The van der Waals surface area contributed by atoms with E-state index in [2.05, 4.69) is 0 Å². The van der Waals surface area contributed by atoms with E-state index in [1.165, 1.54) is 38.5 Å². The van der Waals surface area contributed by atoms with Gasteiger partial charge >= 0.3 is 5.97 Å². The van der Waals surface area contributed by atoms with Crippen LogP contribution in [-0.2, 0) is 14.3 Å². The largest absolute Gasteiger partial charge is 0.438 e. The SMILES string of the molecule is CC(C)C(=O)OCOC12CC3CC(CC(C3)C1)C2. The monoisotopic (exact) mass is 252 g/mol. The lowest BCUT2D eigenvalue weighted by Crippen LogP contribution is -2.52. The van der Waals surface area contributed by atoms with E-state index in [4.69, 9.17) is 9.47 Å². The van der Waals surface area contributed by atoms with Crippen molar-refractivity contribution in [1.29, 1.82) is 0 Å². The standard InChI is InChI=1S/C15H24O3/c1-10(2)14(16)17-9-18-15-6-11-3-12(7-15)5-13(4-11)8-15/h10-13H,3-9H2,1-2H3. The first-order chi connectivity index (χ1) is 8.56. The highest BCUT2D eigenvalue weighted by molar-refractivity contribution is 5.71. The molecular formula is C15H24O3. The third-order valence-electron chi connectivity index (χ3n) is 5.02. The van der Waals surface area contributed by atoms with Gasteiger partial charge in [-0.3, -0.25) is 4.79 Å². The zero-order valence-electron chi connectivity index (χ0n) is 11.5. The Bertz CT molecular complexity index is 299. The molecule has 3 nitrogen and oxygen atoms in total. The molecule has 4 saturated carbocycles. The minimum atomic E-state index is -0.153. The summed E-state index contributed by atoms with van der Waals surface area (Å²) in [4.78, 5) is 11.4. The topological polar surface area (TPSA) is 35.5 Å². The van der Waals surface area contributed by atoms with Crippen molar-refractivity contribution < 1.29 is 14.3 Å². The van der Waals surface area contributed by atoms with Crippen LogP contribution in [0.1, 0.15) is 52.4 Å². The first-order valence-electron chi connectivity index (χ1n) is 7.37. The quantitative estimate of drug-likeness (QED) is 0.569. The van der Waals surface area contributed by atoms with E-state index in [1.54, 1.807) is 0 Å². The van der Waals surface area contributed by atoms with E-state index in [-0.39, 0.29) is 24.3 Å². The van der Waals surface area contributed by atoms with Crippen LogP contribution in [0.25, 0.3) is 0 Å². The highest BCUT2D eigenvalue weighted by Gasteiger charge is 2.51. The number of esters is 1. The second-order valence-electron chi connectivity index (χ2n) is 6.98. The molecule has 0 amide bonds. The summed E-state index contributed by atoms with van der Waals surface area (Å²) in [6, 6.07) is 0. The molecule has 4 fully saturated rings. The van der Waals surface area contributed by atoms with Gasteiger partial charge in [0.2, 0.25) is 0 Å². The first kappa shape index (κ1) is 12.5. The summed E-state index contributed by atoms with van der Waals surface area (Å²) < 4.78 is 11.2. The van der Waals surface area contributed by atoms with E-state index in [0.717, 1.165) is 17.8 Å². The number of carbonyl (C=O) groups is 1. The molecule has 4 aliphatic rings. The van der Waals surface area contributed by atoms with Crippen LogP contribution in [0.3, 0.4) is 0 Å². The number of hydrogen-bond acceptors (Lipinski definition) is 3. The predicted molar refractivity (Wildman–Crippen MR) is 67.8 cm³/mol. The molecule has 4 rings (SSSR count). The fourth-order valence-electron chi connectivity index (χ4n) is 4.59. The molecule has 4 bridgehead atoms. The van der Waals surface area contributed by atoms with Crippen molar-refractivity contribution in [3.63, 3.8) is 0 Å². The maximum atomic E-state index is 11.4.